The number of pyridine rings is 1. The van der Waals surface area contributed by atoms with Crippen LogP contribution in [0.1, 0.15) is 29.4 Å². The van der Waals surface area contributed by atoms with Crippen LogP contribution in [0.25, 0.3) is 0 Å². The quantitative estimate of drug-likeness (QED) is 0.558. The number of hydrogen-bond donors (Lipinski definition) is 0. The molecule has 0 radical (unpaired) electrons. The number of esters is 1. The molecule has 0 aliphatic heterocycles. The van der Waals surface area contributed by atoms with E-state index in [9.17, 15) is 22.8 Å². The Morgan fingerprint density at radius 2 is 1.88 bits per heavy atom. The standard InChI is InChI=1S/C18H17F3N2O3/c1-2-26-15(24)8-10-23(11-12-5-3-4-9-22-12)18(25)13-6-7-14(19)17(21)16(13)20/h3-7,9H,2,8,10-11H2,1H3. The van der Waals surface area contributed by atoms with E-state index in [0.29, 0.717) is 11.8 Å². The fraction of sp³-hybridized carbons (Fsp3) is 0.278. The van der Waals surface area contributed by atoms with Crippen LogP contribution < -0.4 is 0 Å². The highest BCUT2D eigenvalue weighted by Gasteiger charge is 2.24. The van der Waals surface area contributed by atoms with Crippen molar-refractivity contribution in [3.8, 4) is 0 Å². The first-order chi connectivity index (χ1) is 12.4. The SMILES string of the molecule is CCOC(=O)CCN(Cc1ccccn1)C(=O)c1ccc(F)c(F)c1F. The lowest BCUT2D eigenvalue weighted by molar-refractivity contribution is -0.143. The predicted octanol–water partition coefficient (Wildman–Crippen LogP) is 3.09. The molecule has 0 bridgehead atoms. The lowest BCUT2D eigenvalue weighted by Gasteiger charge is -2.22. The van der Waals surface area contributed by atoms with Gasteiger partial charge in [0.2, 0.25) is 0 Å². The number of carbonyl (C=O) groups is 2. The maximum absolute atomic E-state index is 14.0. The second kappa shape index (κ2) is 8.98. The van der Waals surface area contributed by atoms with E-state index in [0.717, 1.165) is 11.0 Å². The summed E-state index contributed by atoms with van der Waals surface area (Å²) in [7, 11) is 0. The van der Waals surface area contributed by atoms with Gasteiger partial charge in [-0.3, -0.25) is 14.6 Å². The number of rotatable bonds is 7. The van der Waals surface area contributed by atoms with Gasteiger partial charge in [-0.2, -0.15) is 0 Å². The van der Waals surface area contributed by atoms with Gasteiger partial charge < -0.3 is 9.64 Å². The minimum Gasteiger partial charge on any atom is -0.466 e. The summed E-state index contributed by atoms with van der Waals surface area (Å²) in [6, 6.07) is 6.58. The molecule has 1 heterocycles. The van der Waals surface area contributed by atoms with E-state index >= 15 is 0 Å². The molecule has 5 nitrogen and oxygen atoms in total. The Hall–Kier alpha value is -2.90. The molecule has 2 aromatic rings. The molecule has 0 fully saturated rings. The molecule has 1 amide bonds. The molecular weight excluding hydrogens is 349 g/mol. The van der Waals surface area contributed by atoms with Gasteiger partial charge in [-0.25, -0.2) is 13.2 Å². The highest BCUT2D eigenvalue weighted by Crippen LogP contribution is 2.18. The molecule has 0 aliphatic carbocycles. The Morgan fingerprint density at radius 1 is 1.12 bits per heavy atom. The van der Waals surface area contributed by atoms with Crippen LogP contribution in [-0.4, -0.2) is 34.9 Å². The highest BCUT2D eigenvalue weighted by atomic mass is 19.2. The largest absolute Gasteiger partial charge is 0.466 e. The molecule has 0 spiro atoms. The Morgan fingerprint density at radius 3 is 2.54 bits per heavy atom. The minimum atomic E-state index is -1.72. The molecule has 0 N–H and O–H groups in total. The Labute approximate surface area is 148 Å². The Bertz CT molecular complexity index is 785. The second-order valence-electron chi connectivity index (χ2n) is 5.33. The molecule has 0 saturated heterocycles. The van der Waals surface area contributed by atoms with E-state index in [4.69, 9.17) is 4.74 Å². The van der Waals surface area contributed by atoms with Gasteiger partial charge in [0.05, 0.1) is 30.8 Å². The number of carbonyl (C=O) groups excluding carboxylic acids is 2. The van der Waals surface area contributed by atoms with E-state index in [1.165, 1.54) is 6.20 Å². The first-order valence-corrected chi connectivity index (χ1v) is 7.92. The third-order valence-corrected chi connectivity index (χ3v) is 3.52. The van der Waals surface area contributed by atoms with E-state index < -0.39 is 34.9 Å². The summed E-state index contributed by atoms with van der Waals surface area (Å²) >= 11 is 0. The zero-order valence-electron chi connectivity index (χ0n) is 14.0. The maximum Gasteiger partial charge on any atom is 0.307 e. The Kier molecular flexibility index (Phi) is 6.71. The normalized spacial score (nSPS) is 10.5. The summed E-state index contributed by atoms with van der Waals surface area (Å²) in [6.45, 7) is 1.71. The van der Waals surface area contributed by atoms with Crippen molar-refractivity contribution in [3.63, 3.8) is 0 Å². The summed E-state index contributed by atoms with van der Waals surface area (Å²) in [4.78, 5) is 29.4. The van der Waals surface area contributed by atoms with Crippen LogP contribution in [0.2, 0.25) is 0 Å². The molecule has 0 atom stereocenters. The summed E-state index contributed by atoms with van der Waals surface area (Å²) in [5.74, 6) is -6.09. The van der Waals surface area contributed by atoms with Crippen molar-refractivity contribution in [1.29, 1.82) is 0 Å². The monoisotopic (exact) mass is 366 g/mol. The van der Waals surface area contributed by atoms with Crippen molar-refractivity contribution < 1.29 is 27.5 Å². The first-order valence-electron chi connectivity index (χ1n) is 7.92. The van der Waals surface area contributed by atoms with E-state index in [-0.39, 0.29) is 26.1 Å². The zero-order chi connectivity index (χ0) is 19.1. The Balaban J connectivity index is 2.25. The van der Waals surface area contributed by atoms with E-state index in [1.807, 2.05) is 0 Å². The summed E-state index contributed by atoms with van der Waals surface area (Å²) < 4.78 is 45.3. The maximum atomic E-state index is 14.0. The topological polar surface area (TPSA) is 59.5 Å². The van der Waals surface area contributed by atoms with Crippen molar-refractivity contribution in [2.45, 2.75) is 19.9 Å². The van der Waals surface area contributed by atoms with Crippen molar-refractivity contribution in [2.24, 2.45) is 0 Å². The molecule has 138 valence electrons. The van der Waals surface area contributed by atoms with Crippen LogP contribution in [0, 0.1) is 17.5 Å². The first kappa shape index (κ1) is 19.4. The van der Waals surface area contributed by atoms with Gasteiger partial charge in [0.15, 0.2) is 17.5 Å². The molecule has 0 unspecified atom stereocenters. The van der Waals surface area contributed by atoms with E-state index in [2.05, 4.69) is 4.98 Å². The molecule has 8 heteroatoms. The molecule has 0 saturated carbocycles. The number of benzene rings is 1. The van der Waals surface area contributed by atoms with Gasteiger partial charge >= 0.3 is 5.97 Å². The predicted molar refractivity (Wildman–Crippen MR) is 86.5 cm³/mol. The zero-order valence-corrected chi connectivity index (χ0v) is 14.0. The van der Waals surface area contributed by atoms with Crippen molar-refractivity contribution in [2.75, 3.05) is 13.2 Å². The summed E-state index contributed by atoms with van der Waals surface area (Å²) in [5, 5.41) is 0. The molecule has 2 rings (SSSR count). The van der Waals surface area contributed by atoms with Crippen molar-refractivity contribution >= 4 is 11.9 Å². The third-order valence-electron chi connectivity index (χ3n) is 3.52. The average molecular weight is 366 g/mol. The highest BCUT2D eigenvalue weighted by molar-refractivity contribution is 5.94. The van der Waals surface area contributed by atoms with Crippen molar-refractivity contribution in [1.82, 2.24) is 9.88 Å². The van der Waals surface area contributed by atoms with E-state index in [1.54, 1.807) is 25.1 Å². The van der Waals surface area contributed by atoms with Crippen LogP contribution in [-0.2, 0) is 16.1 Å². The van der Waals surface area contributed by atoms with Crippen LogP contribution in [0.5, 0.6) is 0 Å². The average Bonchev–Trinajstić information content (AvgIpc) is 2.64. The van der Waals surface area contributed by atoms with Gasteiger partial charge in [-0.1, -0.05) is 6.07 Å². The number of nitrogens with zero attached hydrogens (tertiary/aromatic N) is 2. The lowest BCUT2D eigenvalue weighted by Crippen LogP contribution is -2.34. The van der Waals surface area contributed by atoms with Gasteiger partial charge in [-0.05, 0) is 31.2 Å². The fourth-order valence-electron chi connectivity index (χ4n) is 2.26. The summed E-state index contributed by atoms with van der Waals surface area (Å²) in [5.41, 5.74) is -0.128. The second-order valence-corrected chi connectivity index (χ2v) is 5.33. The number of amides is 1. The van der Waals surface area contributed by atoms with Crippen LogP contribution in [0.4, 0.5) is 13.2 Å². The third kappa shape index (κ3) is 4.81. The fourth-order valence-corrected chi connectivity index (χ4v) is 2.26. The molecule has 1 aromatic heterocycles. The lowest BCUT2D eigenvalue weighted by atomic mass is 10.1. The molecular formula is C18H17F3N2O3. The molecule has 0 aliphatic rings. The van der Waals surface area contributed by atoms with Crippen molar-refractivity contribution in [3.05, 3.63) is 65.2 Å². The van der Waals surface area contributed by atoms with Gasteiger partial charge in [0, 0.05) is 12.7 Å². The number of hydrogen-bond acceptors (Lipinski definition) is 4. The van der Waals surface area contributed by atoms with Gasteiger partial charge in [0.25, 0.3) is 5.91 Å². The number of aromatic nitrogens is 1. The smallest absolute Gasteiger partial charge is 0.307 e. The minimum absolute atomic E-state index is 0.0302. The van der Waals surface area contributed by atoms with Gasteiger partial charge in [-0.15, -0.1) is 0 Å². The number of ether oxygens (including phenoxy) is 1. The molecule has 1 aromatic carbocycles. The van der Waals surface area contributed by atoms with Crippen LogP contribution >= 0.6 is 0 Å². The summed E-state index contributed by atoms with van der Waals surface area (Å²) in [6.07, 6.45) is 1.39. The van der Waals surface area contributed by atoms with Crippen LogP contribution in [0.15, 0.2) is 36.5 Å². The number of halogens is 3. The molecule has 26 heavy (non-hydrogen) atoms. The van der Waals surface area contributed by atoms with Crippen LogP contribution in [0.3, 0.4) is 0 Å². The van der Waals surface area contributed by atoms with Gasteiger partial charge in [0.1, 0.15) is 0 Å².